The number of amides is 2. The molecule has 1 aliphatic heterocycles. The zero-order valence-electron chi connectivity index (χ0n) is 24.9. The molecular formula is C30H44N2O9. The summed E-state index contributed by atoms with van der Waals surface area (Å²) in [5, 5.41) is 15.6. The van der Waals surface area contributed by atoms with E-state index in [4.69, 9.17) is 14.2 Å². The van der Waals surface area contributed by atoms with Gasteiger partial charge in [0.2, 0.25) is 5.91 Å². The third kappa shape index (κ3) is 9.75. The molecule has 1 saturated heterocycles. The van der Waals surface area contributed by atoms with Crippen LogP contribution in [0.5, 0.6) is 5.75 Å². The van der Waals surface area contributed by atoms with Crippen molar-refractivity contribution in [2.24, 2.45) is 11.8 Å². The van der Waals surface area contributed by atoms with E-state index in [1.807, 2.05) is 13.8 Å². The lowest BCUT2D eigenvalue weighted by atomic mass is 9.92. The molecule has 0 radical (unpaired) electrons. The molecule has 1 fully saturated rings. The Bertz CT molecular complexity index is 1090. The number of carbonyl (C=O) groups excluding carboxylic acids is 5. The number of hydrogen-bond donors (Lipinski definition) is 3. The molecule has 228 valence electrons. The summed E-state index contributed by atoms with van der Waals surface area (Å²) in [6.45, 7) is 10.4. The van der Waals surface area contributed by atoms with Crippen LogP contribution in [0.1, 0.15) is 96.8 Å². The molecule has 3 N–H and O–H groups in total. The van der Waals surface area contributed by atoms with E-state index in [1.54, 1.807) is 6.92 Å². The normalized spacial score (nSPS) is 23.0. The van der Waals surface area contributed by atoms with Crippen LogP contribution in [0.2, 0.25) is 0 Å². The van der Waals surface area contributed by atoms with Crippen molar-refractivity contribution >= 4 is 35.4 Å². The lowest BCUT2D eigenvalue weighted by Gasteiger charge is -2.29. The first-order chi connectivity index (χ1) is 19.4. The minimum atomic E-state index is -1.42. The molecule has 11 nitrogen and oxygen atoms in total. The van der Waals surface area contributed by atoms with Gasteiger partial charge < -0.3 is 30.0 Å². The molecule has 5 atom stereocenters. The van der Waals surface area contributed by atoms with E-state index < -0.39 is 59.8 Å². The summed E-state index contributed by atoms with van der Waals surface area (Å²) in [7, 11) is 0. The average Bonchev–Trinajstić information content (AvgIpc) is 2.92. The van der Waals surface area contributed by atoms with Gasteiger partial charge in [-0.2, -0.15) is 0 Å². The highest BCUT2D eigenvalue weighted by atomic mass is 16.6. The summed E-state index contributed by atoms with van der Waals surface area (Å²) >= 11 is 0. The van der Waals surface area contributed by atoms with E-state index in [0.717, 1.165) is 19.3 Å². The number of esters is 3. The largest absolute Gasteiger partial charge is 0.505 e. The molecule has 0 bridgehead atoms. The Kier molecular flexibility index (Phi) is 13.1. The van der Waals surface area contributed by atoms with E-state index in [2.05, 4.69) is 17.6 Å². The average molecular weight is 577 g/mol. The Hall–Kier alpha value is -3.63. The van der Waals surface area contributed by atoms with E-state index in [9.17, 15) is 29.1 Å². The van der Waals surface area contributed by atoms with Gasteiger partial charge in [0.1, 0.15) is 12.2 Å². The van der Waals surface area contributed by atoms with Crippen molar-refractivity contribution in [3.05, 3.63) is 23.8 Å². The first kappa shape index (κ1) is 33.6. The fourth-order valence-corrected chi connectivity index (χ4v) is 4.56. The second-order valence-corrected chi connectivity index (χ2v) is 10.8. The number of aromatic hydroxyl groups is 1. The number of para-hydroxylation sites is 1. The number of nitrogens with one attached hydrogen (secondary N) is 2. The first-order valence-corrected chi connectivity index (χ1v) is 14.4. The maximum absolute atomic E-state index is 13.4. The number of phenols is 1. The third-order valence-electron chi connectivity index (χ3n) is 6.86. The predicted octanol–water partition coefficient (Wildman–Crippen LogP) is 4.26. The number of hydrogen-bond acceptors (Lipinski definition) is 9. The summed E-state index contributed by atoms with van der Waals surface area (Å²) in [5.41, 5.74) is -0.168. The number of carbonyl (C=O) groups is 5. The van der Waals surface area contributed by atoms with Gasteiger partial charge in [-0.05, 0) is 38.3 Å². The van der Waals surface area contributed by atoms with Crippen LogP contribution in [-0.4, -0.2) is 59.2 Å². The van der Waals surface area contributed by atoms with Crippen molar-refractivity contribution in [1.82, 2.24) is 5.32 Å². The number of ether oxygens (including phenoxy) is 3. The van der Waals surface area contributed by atoms with Crippen LogP contribution in [0, 0.1) is 11.8 Å². The number of rotatable bonds is 12. The van der Waals surface area contributed by atoms with Gasteiger partial charge in [0, 0.05) is 12.8 Å². The molecule has 0 spiro atoms. The van der Waals surface area contributed by atoms with Gasteiger partial charge in [0.05, 0.1) is 17.2 Å². The smallest absolute Gasteiger partial charge is 0.332 e. The van der Waals surface area contributed by atoms with Gasteiger partial charge in [-0.1, -0.05) is 59.4 Å². The fraction of sp³-hybridized carbons (Fsp3) is 0.633. The van der Waals surface area contributed by atoms with Gasteiger partial charge in [-0.15, -0.1) is 0 Å². The molecule has 0 saturated carbocycles. The van der Waals surface area contributed by atoms with Crippen LogP contribution < -0.4 is 10.6 Å². The Morgan fingerprint density at radius 1 is 1.00 bits per heavy atom. The van der Waals surface area contributed by atoms with Crippen molar-refractivity contribution in [3.8, 4) is 5.75 Å². The second-order valence-electron chi connectivity index (χ2n) is 10.8. The van der Waals surface area contributed by atoms with Gasteiger partial charge >= 0.3 is 17.9 Å². The van der Waals surface area contributed by atoms with Gasteiger partial charge in [-0.3, -0.25) is 19.2 Å². The van der Waals surface area contributed by atoms with E-state index in [0.29, 0.717) is 12.8 Å². The lowest BCUT2D eigenvalue weighted by Crippen LogP contribution is -2.50. The number of phenolic OH excluding ortho intramolecular Hbond substituents is 1. The number of anilines is 1. The highest BCUT2D eigenvalue weighted by molar-refractivity contribution is 6.02. The Labute approximate surface area is 241 Å². The van der Waals surface area contributed by atoms with Crippen LogP contribution in [0.25, 0.3) is 0 Å². The van der Waals surface area contributed by atoms with Crippen LogP contribution in [0.15, 0.2) is 18.2 Å². The SMILES string of the molecule is CCCCCC[C@H]1C(=O)O[C@H](C)[C@H](NC(=O)c2cccc(NC(=O)CC)c2O)C(=O)O[C@@H](C)[C@@H]1OC(=O)CC(C)C. The minimum absolute atomic E-state index is 0.0245. The molecule has 1 aliphatic rings. The number of unbranched alkanes of at least 4 members (excludes halogenated alkanes) is 3. The van der Waals surface area contributed by atoms with E-state index in [1.165, 1.54) is 32.0 Å². The Balaban J connectivity index is 2.33. The van der Waals surface area contributed by atoms with Crippen molar-refractivity contribution in [2.45, 2.75) is 111 Å². The molecule has 1 heterocycles. The van der Waals surface area contributed by atoms with Gasteiger partial charge in [-0.25, -0.2) is 4.79 Å². The van der Waals surface area contributed by atoms with Gasteiger partial charge in [0.25, 0.3) is 5.91 Å². The van der Waals surface area contributed by atoms with Crippen molar-refractivity contribution in [3.63, 3.8) is 0 Å². The molecule has 0 unspecified atom stereocenters. The van der Waals surface area contributed by atoms with Crippen LogP contribution in [0.4, 0.5) is 5.69 Å². The zero-order valence-corrected chi connectivity index (χ0v) is 24.9. The maximum Gasteiger partial charge on any atom is 0.332 e. The molecule has 2 amide bonds. The third-order valence-corrected chi connectivity index (χ3v) is 6.86. The van der Waals surface area contributed by atoms with Crippen LogP contribution >= 0.6 is 0 Å². The quantitative estimate of drug-likeness (QED) is 0.143. The molecule has 2 rings (SSSR count). The highest BCUT2D eigenvalue weighted by Crippen LogP contribution is 2.29. The van der Waals surface area contributed by atoms with Gasteiger partial charge in [0.15, 0.2) is 17.9 Å². The highest BCUT2D eigenvalue weighted by Gasteiger charge is 2.44. The molecule has 41 heavy (non-hydrogen) atoms. The molecule has 1 aromatic rings. The standard InChI is InChI=1S/C30H44N2O9/c1-7-9-10-11-13-21-27(41-24(34)16-17(3)4)19(6)40-30(38)25(18(5)39-29(21)37)32-28(36)20-14-12-15-22(26(20)35)31-23(33)8-2/h12,14-15,17-19,21,25,27,35H,7-11,13,16H2,1-6H3,(H,31,33)(H,32,36)/t18-,19+,21-,25+,27+/m1/s1. The first-order valence-electron chi connectivity index (χ1n) is 14.4. The summed E-state index contributed by atoms with van der Waals surface area (Å²) in [5.74, 6) is -4.59. The van der Waals surface area contributed by atoms with Crippen LogP contribution in [-0.2, 0) is 33.4 Å². The Morgan fingerprint density at radius 3 is 2.32 bits per heavy atom. The molecule has 1 aromatic carbocycles. The monoisotopic (exact) mass is 576 g/mol. The molecule has 0 aromatic heterocycles. The zero-order chi connectivity index (χ0) is 30.7. The molecule has 11 heteroatoms. The summed E-state index contributed by atoms with van der Waals surface area (Å²) < 4.78 is 17.0. The second kappa shape index (κ2) is 16.0. The number of cyclic esters (lactones) is 2. The molecule has 0 aliphatic carbocycles. The predicted molar refractivity (Wildman–Crippen MR) is 151 cm³/mol. The fourth-order valence-electron chi connectivity index (χ4n) is 4.56. The Morgan fingerprint density at radius 2 is 1.68 bits per heavy atom. The minimum Gasteiger partial charge on any atom is -0.505 e. The topological polar surface area (TPSA) is 157 Å². The maximum atomic E-state index is 13.4. The molecular weight excluding hydrogens is 532 g/mol. The van der Waals surface area contributed by atoms with E-state index >= 15 is 0 Å². The van der Waals surface area contributed by atoms with Crippen molar-refractivity contribution in [2.75, 3.05) is 5.32 Å². The lowest BCUT2D eigenvalue weighted by molar-refractivity contribution is -0.175. The van der Waals surface area contributed by atoms with E-state index in [-0.39, 0.29) is 35.9 Å². The summed E-state index contributed by atoms with van der Waals surface area (Å²) in [4.78, 5) is 64.3. The van der Waals surface area contributed by atoms with Crippen LogP contribution in [0.3, 0.4) is 0 Å². The van der Waals surface area contributed by atoms with Crippen molar-refractivity contribution in [1.29, 1.82) is 0 Å². The summed E-state index contributed by atoms with van der Waals surface area (Å²) in [6.07, 6.45) is 0.985. The van der Waals surface area contributed by atoms with Crippen molar-refractivity contribution < 1.29 is 43.3 Å². The number of benzene rings is 1. The summed E-state index contributed by atoms with van der Waals surface area (Å²) in [6, 6.07) is 2.80.